The van der Waals surface area contributed by atoms with E-state index in [4.69, 9.17) is 5.11 Å². The van der Waals surface area contributed by atoms with Crippen LogP contribution in [-0.4, -0.2) is 28.8 Å². The first-order valence-electron chi connectivity index (χ1n) is 5.35. The van der Waals surface area contributed by atoms with E-state index in [1.165, 1.54) is 0 Å². The fourth-order valence-electron chi connectivity index (χ4n) is 1.70. The molecule has 1 atom stereocenters. The predicted molar refractivity (Wildman–Crippen MR) is 51.7 cm³/mol. The van der Waals surface area contributed by atoms with Gasteiger partial charge < -0.3 is 10.4 Å². The average molecular weight is 239 g/mol. The number of hydrogen-bond donors (Lipinski definition) is 2. The Hall–Kier alpha value is -0.780. The van der Waals surface area contributed by atoms with E-state index in [2.05, 4.69) is 5.32 Å². The van der Waals surface area contributed by atoms with Crippen LogP contribution in [0.5, 0.6) is 0 Å². The van der Waals surface area contributed by atoms with Gasteiger partial charge in [-0.2, -0.15) is 13.2 Å². The number of alkyl halides is 3. The van der Waals surface area contributed by atoms with Crippen LogP contribution in [0.25, 0.3) is 0 Å². The van der Waals surface area contributed by atoms with Gasteiger partial charge in [-0.3, -0.25) is 4.79 Å². The van der Waals surface area contributed by atoms with Gasteiger partial charge in [0.2, 0.25) is 5.60 Å². The molecule has 2 N–H and O–H groups in total. The summed E-state index contributed by atoms with van der Waals surface area (Å²) in [5.41, 5.74) is -3.30. The second-order valence-corrected chi connectivity index (χ2v) is 4.38. The van der Waals surface area contributed by atoms with Gasteiger partial charge >= 0.3 is 6.18 Å². The topological polar surface area (TPSA) is 49.3 Å². The van der Waals surface area contributed by atoms with E-state index >= 15 is 0 Å². The first kappa shape index (κ1) is 13.3. The van der Waals surface area contributed by atoms with Gasteiger partial charge in [0.1, 0.15) is 0 Å². The maximum Gasteiger partial charge on any atom is 0.426 e. The number of carbonyl (C=O) groups is 1. The third-order valence-corrected chi connectivity index (χ3v) is 2.93. The van der Waals surface area contributed by atoms with Crippen LogP contribution < -0.4 is 5.32 Å². The summed E-state index contributed by atoms with van der Waals surface area (Å²) in [5.74, 6) is -1.35. The molecule has 0 saturated heterocycles. The molecule has 3 nitrogen and oxygen atoms in total. The molecule has 0 radical (unpaired) electrons. The molecule has 0 unspecified atom stereocenters. The van der Waals surface area contributed by atoms with Gasteiger partial charge in [-0.25, -0.2) is 0 Å². The molecule has 0 heterocycles. The molecule has 1 aliphatic carbocycles. The molecule has 0 spiro atoms. The molecule has 1 rings (SSSR count). The van der Waals surface area contributed by atoms with Crippen LogP contribution in [0.2, 0.25) is 0 Å². The lowest BCUT2D eigenvalue weighted by molar-refractivity contribution is -0.245. The molecule has 1 amide bonds. The van der Waals surface area contributed by atoms with Crippen molar-refractivity contribution >= 4 is 5.91 Å². The van der Waals surface area contributed by atoms with Crippen molar-refractivity contribution in [3.63, 3.8) is 0 Å². The summed E-state index contributed by atoms with van der Waals surface area (Å²) in [7, 11) is 0. The summed E-state index contributed by atoms with van der Waals surface area (Å²) in [6.45, 7) is 0.477. The Morgan fingerprint density at radius 2 is 1.75 bits per heavy atom. The maximum absolute atomic E-state index is 12.3. The molecule has 1 fully saturated rings. The van der Waals surface area contributed by atoms with E-state index in [0.29, 0.717) is 19.8 Å². The number of carbonyl (C=O) groups excluding carboxylic acids is 1. The predicted octanol–water partition coefficient (Wildman–Crippen LogP) is 1.75. The summed E-state index contributed by atoms with van der Waals surface area (Å²) in [6.07, 6.45) is -0.731. The van der Waals surface area contributed by atoms with E-state index in [1.807, 2.05) is 0 Å². The van der Waals surface area contributed by atoms with Crippen molar-refractivity contribution in [1.82, 2.24) is 5.32 Å². The highest BCUT2D eigenvalue weighted by molar-refractivity contribution is 5.85. The fraction of sp³-hybridized carbons (Fsp3) is 0.900. The zero-order valence-electron chi connectivity index (χ0n) is 9.10. The number of aliphatic hydroxyl groups is 1. The van der Waals surface area contributed by atoms with Crippen LogP contribution in [0.3, 0.4) is 0 Å². The Kier molecular flexibility index (Phi) is 3.83. The third-order valence-electron chi connectivity index (χ3n) is 2.93. The highest BCUT2D eigenvalue weighted by Crippen LogP contribution is 2.30. The first-order chi connectivity index (χ1) is 7.25. The Labute approximate surface area is 92.0 Å². The molecule has 16 heavy (non-hydrogen) atoms. The summed E-state index contributed by atoms with van der Waals surface area (Å²) >= 11 is 0. The lowest BCUT2D eigenvalue weighted by atomic mass is 9.94. The van der Waals surface area contributed by atoms with Crippen LogP contribution in [0, 0.1) is 0 Å². The third kappa shape index (κ3) is 2.87. The molecular weight excluding hydrogens is 223 g/mol. The second kappa shape index (κ2) is 4.61. The van der Waals surface area contributed by atoms with E-state index < -0.39 is 17.7 Å². The molecule has 6 heteroatoms. The number of rotatable bonds is 2. The fourth-order valence-corrected chi connectivity index (χ4v) is 1.70. The van der Waals surface area contributed by atoms with Gasteiger partial charge in [-0.05, 0) is 19.8 Å². The Bertz CT molecular complexity index is 257. The molecule has 0 aromatic carbocycles. The number of amides is 1. The molecule has 1 aliphatic rings. The van der Waals surface area contributed by atoms with Gasteiger partial charge in [-0.1, -0.05) is 19.3 Å². The maximum atomic E-state index is 12.3. The van der Waals surface area contributed by atoms with Crippen molar-refractivity contribution in [3.05, 3.63) is 0 Å². The molecule has 0 aromatic heterocycles. The van der Waals surface area contributed by atoms with Gasteiger partial charge in [0.25, 0.3) is 5.91 Å². The zero-order valence-corrected chi connectivity index (χ0v) is 9.10. The van der Waals surface area contributed by atoms with Crippen LogP contribution in [0.15, 0.2) is 0 Å². The molecule has 94 valence electrons. The van der Waals surface area contributed by atoms with Crippen molar-refractivity contribution < 1.29 is 23.1 Å². The van der Waals surface area contributed by atoms with Crippen molar-refractivity contribution in [2.45, 2.75) is 56.8 Å². The first-order valence-corrected chi connectivity index (χ1v) is 5.35. The Morgan fingerprint density at radius 3 is 2.19 bits per heavy atom. The molecule has 0 aliphatic heterocycles. The quantitative estimate of drug-likeness (QED) is 0.771. The van der Waals surface area contributed by atoms with Crippen molar-refractivity contribution in [2.24, 2.45) is 0 Å². The van der Waals surface area contributed by atoms with E-state index in [0.717, 1.165) is 19.3 Å². The summed E-state index contributed by atoms with van der Waals surface area (Å²) < 4.78 is 37.0. The molecule has 0 bridgehead atoms. The van der Waals surface area contributed by atoms with Crippen molar-refractivity contribution in [1.29, 1.82) is 0 Å². The van der Waals surface area contributed by atoms with E-state index in [-0.39, 0.29) is 6.04 Å². The smallest absolute Gasteiger partial charge is 0.373 e. The van der Waals surface area contributed by atoms with Gasteiger partial charge in [-0.15, -0.1) is 0 Å². The number of nitrogens with one attached hydrogen (secondary N) is 1. The van der Waals surface area contributed by atoms with Crippen molar-refractivity contribution in [2.75, 3.05) is 0 Å². The van der Waals surface area contributed by atoms with Crippen LogP contribution in [0.4, 0.5) is 13.2 Å². The summed E-state index contributed by atoms with van der Waals surface area (Å²) in [4.78, 5) is 11.3. The van der Waals surface area contributed by atoms with Gasteiger partial charge in [0, 0.05) is 6.04 Å². The SMILES string of the molecule is C[C@@](O)(C(=O)NC1CCCCC1)C(F)(F)F. The van der Waals surface area contributed by atoms with E-state index in [1.54, 1.807) is 0 Å². The molecule has 1 saturated carbocycles. The number of hydrogen-bond acceptors (Lipinski definition) is 2. The lowest BCUT2D eigenvalue weighted by Gasteiger charge is -2.29. The summed E-state index contributed by atoms with van der Waals surface area (Å²) in [5, 5.41) is 11.4. The van der Waals surface area contributed by atoms with Crippen LogP contribution in [0.1, 0.15) is 39.0 Å². The minimum absolute atomic E-state index is 0.241. The molecular formula is C10H16F3NO2. The van der Waals surface area contributed by atoms with Gasteiger partial charge in [0.05, 0.1) is 0 Å². The Morgan fingerprint density at radius 1 is 1.25 bits per heavy atom. The Balaban J connectivity index is 2.57. The minimum atomic E-state index is -4.94. The van der Waals surface area contributed by atoms with Crippen LogP contribution in [-0.2, 0) is 4.79 Å². The van der Waals surface area contributed by atoms with Crippen molar-refractivity contribution in [3.8, 4) is 0 Å². The highest BCUT2D eigenvalue weighted by Gasteiger charge is 2.55. The highest BCUT2D eigenvalue weighted by atomic mass is 19.4. The van der Waals surface area contributed by atoms with Gasteiger partial charge in [0.15, 0.2) is 0 Å². The monoisotopic (exact) mass is 239 g/mol. The van der Waals surface area contributed by atoms with E-state index in [9.17, 15) is 18.0 Å². The largest absolute Gasteiger partial charge is 0.426 e. The minimum Gasteiger partial charge on any atom is -0.373 e. The standard InChI is InChI=1S/C10H16F3NO2/c1-9(16,10(11,12)13)8(15)14-7-5-3-2-4-6-7/h7,16H,2-6H2,1H3,(H,14,15)/t9-/m1/s1. The van der Waals surface area contributed by atoms with Crippen LogP contribution >= 0.6 is 0 Å². The average Bonchev–Trinajstić information content (AvgIpc) is 2.17. The lowest BCUT2D eigenvalue weighted by Crippen LogP contribution is -2.56. The second-order valence-electron chi connectivity index (χ2n) is 4.38. The normalized spacial score (nSPS) is 22.6. The summed E-state index contributed by atoms with van der Waals surface area (Å²) in [6, 6.07) is -0.241. The number of halogens is 3. The zero-order chi connectivity index (χ0) is 12.4. The molecule has 0 aromatic rings.